The van der Waals surface area contributed by atoms with E-state index >= 15 is 0 Å². The Morgan fingerprint density at radius 1 is 1.32 bits per heavy atom. The van der Waals surface area contributed by atoms with Crippen molar-refractivity contribution in [3.63, 3.8) is 0 Å². The number of hydrogen-bond acceptors (Lipinski definition) is 5. The van der Waals surface area contributed by atoms with E-state index in [0.29, 0.717) is 25.0 Å². The Morgan fingerprint density at radius 2 is 2.05 bits per heavy atom. The molecule has 2 amide bonds. The molecule has 1 aromatic carbocycles. The van der Waals surface area contributed by atoms with Gasteiger partial charge in [0.1, 0.15) is 0 Å². The van der Waals surface area contributed by atoms with E-state index < -0.39 is 28.9 Å². The van der Waals surface area contributed by atoms with Crippen molar-refractivity contribution in [3.05, 3.63) is 58.4 Å². The normalized spacial score (nSPS) is 24.2. The zero-order valence-corrected chi connectivity index (χ0v) is 21.6. The van der Waals surface area contributed by atoms with Crippen LogP contribution in [0.15, 0.2) is 36.5 Å². The number of rotatable bonds is 4. The summed E-state index contributed by atoms with van der Waals surface area (Å²) in [7, 11) is 0. The largest absolute Gasteiger partial charge is 0.434 e. The van der Waals surface area contributed by atoms with Gasteiger partial charge in [-0.05, 0) is 50.5 Å². The number of pyridine rings is 1. The Labute approximate surface area is 222 Å². The number of amides is 2. The lowest BCUT2D eigenvalue weighted by atomic mass is 9.85. The maximum Gasteiger partial charge on any atom is 0.434 e. The molecule has 13 heteroatoms. The predicted molar refractivity (Wildman–Crippen MR) is 134 cm³/mol. The third-order valence-corrected chi connectivity index (χ3v) is 6.80. The summed E-state index contributed by atoms with van der Waals surface area (Å²) in [5.41, 5.74) is -2.55. The van der Waals surface area contributed by atoms with Crippen LogP contribution in [0.1, 0.15) is 54.7 Å². The quantitative estimate of drug-likeness (QED) is 0.490. The molecule has 2 saturated heterocycles. The van der Waals surface area contributed by atoms with Crippen molar-refractivity contribution in [2.75, 3.05) is 11.9 Å². The first-order chi connectivity index (χ1) is 16.9. The molecule has 37 heavy (non-hydrogen) atoms. The molecular formula is C24H26Cl2F3N5O3. The summed E-state index contributed by atoms with van der Waals surface area (Å²) in [5.74, 6) is -1.35. The number of carbonyl (C=O) groups is 2. The SMILES string of the molecule is C[C@@H]1C[C@H](N2C(=N)N[C@](C)(c3cccc(NC(=O)c4cccnc4C(F)(F)F)c3Cl)CC2=O)CCO1.Cl. The summed E-state index contributed by atoms with van der Waals surface area (Å²) in [6.07, 6.45) is -2.66. The second-order valence-corrected chi connectivity index (χ2v) is 9.50. The molecular weight excluding hydrogens is 534 g/mol. The number of alkyl halides is 3. The van der Waals surface area contributed by atoms with Gasteiger partial charge in [0.05, 0.1) is 34.3 Å². The monoisotopic (exact) mass is 559 g/mol. The van der Waals surface area contributed by atoms with Crippen molar-refractivity contribution in [1.29, 1.82) is 5.41 Å². The molecule has 1 aromatic heterocycles. The van der Waals surface area contributed by atoms with Crippen molar-refractivity contribution < 1.29 is 27.5 Å². The number of halogens is 5. The number of guanidine groups is 1. The lowest BCUT2D eigenvalue weighted by Gasteiger charge is -2.45. The molecule has 0 radical (unpaired) electrons. The second-order valence-electron chi connectivity index (χ2n) is 9.12. The first-order valence-electron chi connectivity index (χ1n) is 11.3. The minimum absolute atomic E-state index is 0. The summed E-state index contributed by atoms with van der Waals surface area (Å²) in [4.78, 5) is 30.6. The van der Waals surface area contributed by atoms with Crippen molar-refractivity contribution in [2.24, 2.45) is 0 Å². The minimum Gasteiger partial charge on any atom is -0.378 e. The van der Waals surface area contributed by atoms with Gasteiger partial charge < -0.3 is 15.4 Å². The fraction of sp³-hybridized carbons (Fsp3) is 0.417. The molecule has 2 aromatic rings. The van der Waals surface area contributed by atoms with E-state index in [1.807, 2.05) is 6.92 Å². The van der Waals surface area contributed by atoms with Gasteiger partial charge in [0.2, 0.25) is 5.91 Å². The van der Waals surface area contributed by atoms with Gasteiger partial charge in [0.15, 0.2) is 11.7 Å². The molecule has 2 fully saturated rings. The van der Waals surface area contributed by atoms with Crippen LogP contribution in [0, 0.1) is 5.41 Å². The van der Waals surface area contributed by atoms with Crippen LogP contribution in [-0.2, 0) is 21.2 Å². The number of hydrogen-bond donors (Lipinski definition) is 3. The van der Waals surface area contributed by atoms with Crippen LogP contribution in [0.5, 0.6) is 0 Å². The zero-order valence-electron chi connectivity index (χ0n) is 20.0. The number of aromatic nitrogens is 1. The van der Waals surface area contributed by atoms with Crippen LogP contribution < -0.4 is 10.6 Å². The molecule has 0 saturated carbocycles. The Bertz CT molecular complexity index is 1190. The smallest absolute Gasteiger partial charge is 0.378 e. The molecule has 0 bridgehead atoms. The van der Waals surface area contributed by atoms with E-state index in [-0.39, 0.29) is 53.6 Å². The van der Waals surface area contributed by atoms with Crippen LogP contribution in [0.4, 0.5) is 18.9 Å². The lowest BCUT2D eigenvalue weighted by Crippen LogP contribution is -2.63. The number of carbonyl (C=O) groups excluding carboxylic acids is 2. The van der Waals surface area contributed by atoms with Crippen LogP contribution in [0.2, 0.25) is 5.02 Å². The third kappa shape index (κ3) is 5.83. The molecule has 200 valence electrons. The van der Waals surface area contributed by atoms with Crippen LogP contribution >= 0.6 is 24.0 Å². The molecule has 4 rings (SSSR count). The van der Waals surface area contributed by atoms with Gasteiger partial charge in [-0.2, -0.15) is 13.2 Å². The van der Waals surface area contributed by atoms with Gasteiger partial charge >= 0.3 is 6.18 Å². The summed E-state index contributed by atoms with van der Waals surface area (Å²) < 4.78 is 45.5. The van der Waals surface area contributed by atoms with Gasteiger partial charge in [0, 0.05) is 18.8 Å². The Kier molecular flexibility index (Phi) is 8.40. The van der Waals surface area contributed by atoms with Gasteiger partial charge in [-0.3, -0.25) is 24.9 Å². The van der Waals surface area contributed by atoms with Crippen molar-refractivity contribution in [3.8, 4) is 0 Å². The molecule has 3 heterocycles. The molecule has 3 N–H and O–H groups in total. The van der Waals surface area contributed by atoms with Crippen molar-refractivity contribution in [2.45, 2.75) is 57.0 Å². The molecule has 0 spiro atoms. The molecule has 3 atom stereocenters. The summed E-state index contributed by atoms with van der Waals surface area (Å²) in [5, 5.41) is 14.1. The highest BCUT2D eigenvalue weighted by molar-refractivity contribution is 6.35. The van der Waals surface area contributed by atoms with E-state index in [2.05, 4.69) is 15.6 Å². The Hall–Kier alpha value is -2.89. The second kappa shape index (κ2) is 10.8. The highest BCUT2D eigenvalue weighted by Gasteiger charge is 2.44. The maximum absolute atomic E-state index is 13.3. The van der Waals surface area contributed by atoms with E-state index in [0.717, 1.165) is 12.3 Å². The molecule has 0 unspecified atom stereocenters. The predicted octanol–water partition coefficient (Wildman–Crippen LogP) is 4.97. The fourth-order valence-electron chi connectivity index (χ4n) is 4.69. The summed E-state index contributed by atoms with van der Waals surface area (Å²) >= 11 is 6.59. The van der Waals surface area contributed by atoms with E-state index in [4.69, 9.17) is 21.7 Å². The van der Waals surface area contributed by atoms with E-state index in [9.17, 15) is 22.8 Å². The fourth-order valence-corrected chi connectivity index (χ4v) is 5.08. The van der Waals surface area contributed by atoms with Crippen LogP contribution in [-0.4, -0.2) is 46.4 Å². The van der Waals surface area contributed by atoms with Crippen LogP contribution in [0.25, 0.3) is 0 Å². The Balaban J connectivity index is 0.00000380. The van der Waals surface area contributed by atoms with Gasteiger partial charge in [-0.15, -0.1) is 12.4 Å². The van der Waals surface area contributed by atoms with Gasteiger partial charge in [-0.25, -0.2) is 0 Å². The van der Waals surface area contributed by atoms with Gasteiger partial charge in [-0.1, -0.05) is 23.7 Å². The minimum atomic E-state index is -4.81. The maximum atomic E-state index is 13.3. The zero-order chi connectivity index (χ0) is 26.3. The molecule has 2 aliphatic rings. The third-order valence-electron chi connectivity index (χ3n) is 6.39. The molecule has 0 aliphatic carbocycles. The van der Waals surface area contributed by atoms with Crippen molar-refractivity contribution in [1.82, 2.24) is 15.2 Å². The van der Waals surface area contributed by atoms with E-state index in [1.165, 1.54) is 17.0 Å². The molecule has 8 nitrogen and oxygen atoms in total. The van der Waals surface area contributed by atoms with Gasteiger partial charge in [0.25, 0.3) is 5.91 Å². The Morgan fingerprint density at radius 3 is 2.70 bits per heavy atom. The average molecular weight is 560 g/mol. The number of nitrogens with one attached hydrogen (secondary N) is 3. The van der Waals surface area contributed by atoms with Crippen LogP contribution in [0.3, 0.4) is 0 Å². The average Bonchev–Trinajstić information content (AvgIpc) is 2.79. The highest BCUT2D eigenvalue weighted by atomic mass is 35.5. The topological polar surface area (TPSA) is 107 Å². The summed E-state index contributed by atoms with van der Waals surface area (Å²) in [6, 6.07) is 6.76. The number of anilines is 1. The first kappa shape index (κ1) is 28.7. The number of nitrogens with zero attached hydrogens (tertiary/aromatic N) is 2. The standard InChI is InChI=1S/C24H25ClF3N5O3.ClH/c1-13-11-14(8-10-36-13)33-18(34)12-23(2,32-22(33)29)16-6-3-7-17(19(16)25)31-21(35)15-5-4-9-30-20(15)24(26,27)28;/h3-7,9,13-14H,8,10-12H2,1-2H3,(H2,29,32)(H,31,35);1H/t13-,14-,23+;/m1./s1. The lowest BCUT2D eigenvalue weighted by molar-refractivity contribution is -0.141. The molecule has 2 aliphatic heterocycles. The van der Waals surface area contributed by atoms with Crippen molar-refractivity contribution >= 4 is 47.5 Å². The highest BCUT2D eigenvalue weighted by Crippen LogP contribution is 2.39. The van der Waals surface area contributed by atoms with E-state index in [1.54, 1.807) is 19.1 Å². The number of benzene rings is 1. The summed E-state index contributed by atoms with van der Waals surface area (Å²) in [6.45, 7) is 4.13. The first-order valence-corrected chi connectivity index (χ1v) is 11.7. The number of ether oxygens (including phenoxy) is 1.